The first kappa shape index (κ1) is 20.0. The van der Waals surface area contributed by atoms with Crippen LogP contribution in [-0.4, -0.2) is 45.7 Å². The third kappa shape index (κ3) is 4.27. The Morgan fingerprint density at radius 1 is 0.903 bits per heavy atom. The van der Waals surface area contributed by atoms with Crippen molar-refractivity contribution in [2.75, 3.05) is 36.0 Å². The fraction of sp³-hybridized carbons (Fsp3) is 0.458. The van der Waals surface area contributed by atoms with Gasteiger partial charge in [-0.15, -0.1) is 0 Å². The number of aryl methyl sites for hydroxylation is 1. The third-order valence-corrected chi connectivity index (χ3v) is 6.52. The molecule has 0 aliphatic carbocycles. The molecule has 6 nitrogen and oxygen atoms in total. The molecule has 1 aromatic carbocycles. The quantitative estimate of drug-likeness (QED) is 0.627. The Bertz CT molecular complexity index is 1020. The van der Waals surface area contributed by atoms with Gasteiger partial charge in [0.2, 0.25) is 5.95 Å². The van der Waals surface area contributed by atoms with E-state index in [1.165, 1.54) is 37.2 Å². The number of hydrogen-bond donors (Lipinski definition) is 0. The Kier molecular flexibility index (Phi) is 5.57. The average Bonchev–Trinajstić information content (AvgIpc) is 3.26. The largest absolute Gasteiger partial charge is 0.356 e. The van der Waals surface area contributed by atoms with Gasteiger partial charge in [-0.2, -0.15) is 4.98 Å². The highest BCUT2D eigenvalue weighted by Gasteiger charge is 2.25. The minimum atomic E-state index is -0.231. The molecule has 162 valence electrons. The molecule has 2 fully saturated rings. The second-order valence-electron chi connectivity index (χ2n) is 8.62. The van der Waals surface area contributed by atoms with Gasteiger partial charge in [-0.05, 0) is 56.4 Å². The van der Waals surface area contributed by atoms with Crippen LogP contribution in [0.4, 0.5) is 16.2 Å². The predicted molar refractivity (Wildman–Crippen MR) is 121 cm³/mol. The molecule has 2 saturated heterocycles. The zero-order valence-electron chi connectivity index (χ0n) is 18.0. The third-order valence-electron chi connectivity index (χ3n) is 6.52. The van der Waals surface area contributed by atoms with Crippen molar-refractivity contribution in [2.24, 2.45) is 7.05 Å². The first-order valence-electron chi connectivity index (χ1n) is 11.3. The van der Waals surface area contributed by atoms with Crippen LogP contribution in [0.25, 0.3) is 11.3 Å². The van der Waals surface area contributed by atoms with E-state index in [4.69, 9.17) is 9.97 Å². The molecule has 5 rings (SSSR count). The van der Waals surface area contributed by atoms with Gasteiger partial charge in [0.25, 0.3) is 0 Å². The van der Waals surface area contributed by atoms with Crippen LogP contribution in [-0.2, 0) is 7.05 Å². The molecule has 0 saturated carbocycles. The van der Waals surface area contributed by atoms with Crippen LogP contribution in [0.15, 0.2) is 42.7 Å². The number of piperidine rings is 2. The van der Waals surface area contributed by atoms with Crippen LogP contribution >= 0.6 is 0 Å². The van der Waals surface area contributed by atoms with Crippen molar-refractivity contribution in [3.63, 3.8) is 0 Å². The van der Waals surface area contributed by atoms with Crippen LogP contribution in [0.2, 0.25) is 0 Å². The molecule has 0 radical (unpaired) electrons. The standard InChI is InChI=1S/C24H29FN6/c1-29-16-11-26-23(29)19-9-14-30(15-10-19)22-17-21(18-5-7-20(25)8-6-18)27-24(28-22)31-12-3-2-4-13-31/h5-8,11,16-17,19H,2-4,9-10,12-15H2,1H3. The number of aromatic nitrogens is 4. The van der Waals surface area contributed by atoms with Crippen molar-refractivity contribution in [1.29, 1.82) is 0 Å². The van der Waals surface area contributed by atoms with E-state index in [0.717, 1.165) is 62.0 Å². The van der Waals surface area contributed by atoms with Crippen molar-refractivity contribution < 1.29 is 4.39 Å². The minimum absolute atomic E-state index is 0.231. The second kappa shape index (κ2) is 8.65. The van der Waals surface area contributed by atoms with Gasteiger partial charge in [0.05, 0.1) is 5.69 Å². The number of hydrogen-bond acceptors (Lipinski definition) is 5. The smallest absolute Gasteiger partial charge is 0.227 e. The van der Waals surface area contributed by atoms with Gasteiger partial charge in [0.15, 0.2) is 0 Å². The summed E-state index contributed by atoms with van der Waals surface area (Å²) >= 11 is 0. The van der Waals surface area contributed by atoms with Gasteiger partial charge >= 0.3 is 0 Å². The van der Waals surface area contributed by atoms with Crippen molar-refractivity contribution in [2.45, 2.75) is 38.0 Å². The number of anilines is 2. The molecular formula is C24H29FN6. The van der Waals surface area contributed by atoms with Crippen molar-refractivity contribution >= 4 is 11.8 Å². The molecule has 31 heavy (non-hydrogen) atoms. The van der Waals surface area contributed by atoms with Crippen LogP contribution in [0.5, 0.6) is 0 Å². The van der Waals surface area contributed by atoms with Crippen molar-refractivity contribution in [3.05, 3.63) is 54.4 Å². The number of nitrogens with zero attached hydrogens (tertiary/aromatic N) is 6. The first-order chi connectivity index (χ1) is 15.2. The van der Waals surface area contributed by atoms with Gasteiger partial charge in [0, 0.05) is 63.2 Å². The van der Waals surface area contributed by atoms with Gasteiger partial charge in [-0.1, -0.05) is 0 Å². The number of benzene rings is 1. The predicted octanol–water partition coefficient (Wildman–Crippen LogP) is 4.39. The topological polar surface area (TPSA) is 50.1 Å². The maximum Gasteiger partial charge on any atom is 0.227 e. The van der Waals surface area contributed by atoms with E-state index in [0.29, 0.717) is 5.92 Å². The molecule has 4 heterocycles. The fourth-order valence-corrected chi connectivity index (χ4v) is 4.73. The summed E-state index contributed by atoms with van der Waals surface area (Å²) in [4.78, 5) is 19.1. The Morgan fingerprint density at radius 3 is 2.32 bits per heavy atom. The monoisotopic (exact) mass is 420 g/mol. The Morgan fingerprint density at radius 2 is 1.65 bits per heavy atom. The summed E-state index contributed by atoms with van der Waals surface area (Å²) in [6.07, 6.45) is 9.63. The molecule has 0 N–H and O–H groups in total. The molecule has 7 heteroatoms. The van der Waals surface area contributed by atoms with E-state index in [2.05, 4.69) is 32.5 Å². The van der Waals surface area contributed by atoms with Gasteiger partial charge < -0.3 is 14.4 Å². The molecule has 3 aromatic rings. The maximum atomic E-state index is 13.5. The van der Waals surface area contributed by atoms with Crippen LogP contribution < -0.4 is 9.80 Å². The highest BCUT2D eigenvalue weighted by atomic mass is 19.1. The summed E-state index contributed by atoms with van der Waals surface area (Å²) in [7, 11) is 2.07. The first-order valence-corrected chi connectivity index (χ1v) is 11.3. The minimum Gasteiger partial charge on any atom is -0.356 e. The maximum absolute atomic E-state index is 13.5. The van der Waals surface area contributed by atoms with Crippen LogP contribution in [0, 0.1) is 5.82 Å². The zero-order chi connectivity index (χ0) is 21.2. The van der Waals surface area contributed by atoms with Gasteiger partial charge in [0.1, 0.15) is 17.5 Å². The lowest BCUT2D eigenvalue weighted by atomic mass is 9.96. The number of imidazole rings is 1. The molecule has 2 aliphatic heterocycles. The summed E-state index contributed by atoms with van der Waals surface area (Å²) in [5.41, 5.74) is 1.78. The molecule has 2 aliphatic rings. The van der Waals surface area contributed by atoms with Crippen LogP contribution in [0.3, 0.4) is 0 Å². The normalized spacial score (nSPS) is 17.9. The molecule has 0 bridgehead atoms. The van der Waals surface area contributed by atoms with E-state index in [-0.39, 0.29) is 5.82 Å². The van der Waals surface area contributed by atoms with Crippen molar-refractivity contribution in [3.8, 4) is 11.3 Å². The van der Waals surface area contributed by atoms with Crippen LogP contribution in [0.1, 0.15) is 43.8 Å². The van der Waals surface area contributed by atoms with Gasteiger partial charge in [-0.3, -0.25) is 0 Å². The summed E-state index contributed by atoms with van der Waals surface area (Å²) in [5.74, 6) is 3.18. The number of halogens is 1. The Hall–Kier alpha value is -2.96. The second-order valence-corrected chi connectivity index (χ2v) is 8.62. The summed E-state index contributed by atoms with van der Waals surface area (Å²) in [5, 5.41) is 0. The van der Waals surface area contributed by atoms with E-state index >= 15 is 0 Å². The number of rotatable bonds is 4. The fourth-order valence-electron chi connectivity index (χ4n) is 4.73. The molecular weight excluding hydrogens is 391 g/mol. The van der Waals surface area contributed by atoms with E-state index in [1.807, 2.05) is 12.4 Å². The lowest BCUT2D eigenvalue weighted by molar-refractivity contribution is 0.473. The van der Waals surface area contributed by atoms with Gasteiger partial charge in [-0.25, -0.2) is 14.4 Å². The van der Waals surface area contributed by atoms with Crippen molar-refractivity contribution in [1.82, 2.24) is 19.5 Å². The van der Waals surface area contributed by atoms with E-state index in [9.17, 15) is 4.39 Å². The molecule has 0 unspecified atom stereocenters. The Labute approximate surface area is 182 Å². The van der Waals surface area contributed by atoms with E-state index < -0.39 is 0 Å². The average molecular weight is 421 g/mol. The molecule has 0 atom stereocenters. The summed E-state index contributed by atoms with van der Waals surface area (Å²) < 4.78 is 15.6. The molecule has 0 amide bonds. The molecule has 0 spiro atoms. The molecule has 2 aromatic heterocycles. The highest BCUT2D eigenvalue weighted by molar-refractivity contribution is 5.65. The highest BCUT2D eigenvalue weighted by Crippen LogP contribution is 2.32. The Balaban J connectivity index is 1.42. The summed E-state index contributed by atoms with van der Waals surface area (Å²) in [6.45, 7) is 3.87. The lowest BCUT2D eigenvalue weighted by Crippen LogP contribution is -2.35. The SMILES string of the molecule is Cn1ccnc1C1CCN(c2cc(-c3ccc(F)cc3)nc(N3CCCCC3)n2)CC1. The van der Waals surface area contributed by atoms with E-state index in [1.54, 1.807) is 12.1 Å². The summed E-state index contributed by atoms with van der Waals surface area (Å²) in [6, 6.07) is 8.65. The lowest BCUT2D eigenvalue weighted by Gasteiger charge is -2.34. The zero-order valence-corrected chi connectivity index (χ0v) is 18.0.